The normalized spacial score (nSPS) is 14.7. The number of carbonyl (C=O) groups excluding carboxylic acids is 1. The molecule has 1 aliphatic rings. The second kappa shape index (κ2) is 10.0. The molecule has 4 rings (SSSR count). The van der Waals surface area contributed by atoms with Crippen LogP contribution in [0.3, 0.4) is 0 Å². The Morgan fingerprint density at radius 2 is 1.40 bits per heavy atom. The SMILES string of the molecule is COc1cc2c(cc1OC)C(c1ccccc1N)N(C(=O)c1cc(OC)c(OC)c(OC)c1)CC2. The second-order valence-corrected chi connectivity index (χ2v) is 8.10. The Hall–Kier alpha value is -4.07. The average Bonchev–Trinajstić information content (AvgIpc) is 2.90. The molecule has 0 aromatic heterocycles. The minimum Gasteiger partial charge on any atom is -0.493 e. The molecule has 1 aliphatic heterocycles. The summed E-state index contributed by atoms with van der Waals surface area (Å²) in [6.07, 6.45) is 0.648. The van der Waals surface area contributed by atoms with Gasteiger partial charge in [0.05, 0.1) is 41.6 Å². The monoisotopic (exact) mass is 478 g/mol. The molecule has 0 radical (unpaired) electrons. The van der Waals surface area contributed by atoms with Crippen LogP contribution in [0.15, 0.2) is 48.5 Å². The molecule has 8 heteroatoms. The predicted octanol–water partition coefficient (Wildman–Crippen LogP) is 4.10. The smallest absolute Gasteiger partial charge is 0.254 e. The number of carbonyl (C=O) groups is 1. The van der Waals surface area contributed by atoms with E-state index in [1.54, 1.807) is 26.4 Å². The van der Waals surface area contributed by atoms with Gasteiger partial charge in [-0.15, -0.1) is 0 Å². The summed E-state index contributed by atoms with van der Waals surface area (Å²) in [5, 5.41) is 0. The maximum Gasteiger partial charge on any atom is 0.254 e. The Bertz CT molecular complexity index is 1220. The molecular weight excluding hydrogens is 448 g/mol. The average molecular weight is 479 g/mol. The van der Waals surface area contributed by atoms with Gasteiger partial charge in [0.2, 0.25) is 5.75 Å². The number of nitrogens with two attached hydrogens (primary N) is 1. The van der Waals surface area contributed by atoms with Crippen molar-refractivity contribution < 1.29 is 28.5 Å². The van der Waals surface area contributed by atoms with Crippen molar-refractivity contribution in [2.45, 2.75) is 12.5 Å². The van der Waals surface area contributed by atoms with E-state index in [0.717, 1.165) is 16.7 Å². The largest absolute Gasteiger partial charge is 0.493 e. The van der Waals surface area contributed by atoms with Crippen LogP contribution in [0, 0.1) is 0 Å². The fourth-order valence-electron chi connectivity index (χ4n) is 4.63. The van der Waals surface area contributed by atoms with Crippen LogP contribution in [0.5, 0.6) is 28.7 Å². The van der Waals surface area contributed by atoms with Crippen LogP contribution in [0.25, 0.3) is 0 Å². The van der Waals surface area contributed by atoms with E-state index in [2.05, 4.69) is 0 Å². The maximum absolute atomic E-state index is 14.0. The first-order valence-corrected chi connectivity index (χ1v) is 11.2. The van der Waals surface area contributed by atoms with Gasteiger partial charge in [-0.3, -0.25) is 4.79 Å². The molecule has 184 valence electrons. The number of benzene rings is 3. The van der Waals surface area contributed by atoms with Crippen LogP contribution in [0.4, 0.5) is 5.69 Å². The molecule has 0 spiro atoms. The van der Waals surface area contributed by atoms with Crippen molar-refractivity contribution in [1.82, 2.24) is 4.90 Å². The highest BCUT2D eigenvalue weighted by Gasteiger charge is 2.35. The van der Waals surface area contributed by atoms with Crippen molar-refractivity contribution >= 4 is 11.6 Å². The van der Waals surface area contributed by atoms with E-state index in [0.29, 0.717) is 53.0 Å². The van der Waals surface area contributed by atoms with Crippen molar-refractivity contribution in [3.8, 4) is 28.7 Å². The Morgan fingerprint density at radius 3 is 1.97 bits per heavy atom. The lowest BCUT2D eigenvalue weighted by Crippen LogP contribution is -2.41. The predicted molar refractivity (Wildman–Crippen MR) is 133 cm³/mol. The third-order valence-electron chi connectivity index (χ3n) is 6.34. The lowest BCUT2D eigenvalue weighted by atomic mass is 9.86. The third kappa shape index (κ3) is 4.27. The summed E-state index contributed by atoms with van der Waals surface area (Å²) >= 11 is 0. The molecule has 0 bridgehead atoms. The van der Waals surface area contributed by atoms with Crippen LogP contribution in [-0.4, -0.2) is 52.9 Å². The van der Waals surface area contributed by atoms with E-state index in [4.69, 9.17) is 29.4 Å². The van der Waals surface area contributed by atoms with E-state index in [-0.39, 0.29) is 5.91 Å². The summed E-state index contributed by atoms with van der Waals surface area (Å²) in [7, 11) is 7.78. The number of ether oxygens (including phenoxy) is 5. The maximum atomic E-state index is 14.0. The highest BCUT2D eigenvalue weighted by atomic mass is 16.5. The number of fused-ring (bicyclic) bond motifs is 1. The van der Waals surface area contributed by atoms with Gasteiger partial charge in [0.1, 0.15) is 0 Å². The highest BCUT2D eigenvalue weighted by Crippen LogP contribution is 2.44. The zero-order valence-corrected chi connectivity index (χ0v) is 20.6. The van der Waals surface area contributed by atoms with Gasteiger partial charge in [-0.05, 0) is 47.9 Å². The van der Waals surface area contributed by atoms with Gasteiger partial charge in [0.15, 0.2) is 23.0 Å². The Balaban J connectivity index is 1.88. The number of anilines is 1. The Kier molecular flexibility index (Phi) is 6.91. The molecule has 1 heterocycles. The van der Waals surface area contributed by atoms with Crippen molar-refractivity contribution in [2.24, 2.45) is 0 Å². The van der Waals surface area contributed by atoms with Crippen LogP contribution < -0.4 is 29.4 Å². The van der Waals surface area contributed by atoms with Gasteiger partial charge < -0.3 is 34.3 Å². The summed E-state index contributed by atoms with van der Waals surface area (Å²) in [4.78, 5) is 15.8. The molecule has 1 unspecified atom stereocenters. The summed E-state index contributed by atoms with van der Waals surface area (Å²) in [6.45, 7) is 0.483. The first-order chi connectivity index (χ1) is 17.0. The van der Waals surface area contributed by atoms with Crippen LogP contribution >= 0.6 is 0 Å². The molecule has 1 atom stereocenters. The van der Waals surface area contributed by atoms with Crippen LogP contribution in [0.1, 0.15) is 33.1 Å². The highest BCUT2D eigenvalue weighted by molar-refractivity contribution is 5.96. The van der Waals surface area contributed by atoms with E-state index in [1.807, 2.05) is 41.3 Å². The second-order valence-electron chi connectivity index (χ2n) is 8.10. The zero-order valence-electron chi connectivity index (χ0n) is 20.6. The van der Waals surface area contributed by atoms with Gasteiger partial charge in [0, 0.05) is 23.4 Å². The number of methoxy groups -OCH3 is 5. The summed E-state index contributed by atoms with van der Waals surface area (Å²) in [5.41, 5.74) is 10.3. The van der Waals surface area contributed by atoms with Gasteiger partial charge in [-0.2, -0.15) is 0 Å². The Morgan fingerprint density at radius 1 is 0.800 bits per heavy atom. The van der Waals surface area contributed by atoms with Crippen molar-refractivity contribution in [1.29, 1.82) is 0 Å². The molecule has 3 aromatic carbocycles. The summed E-state index contributed by atoms with van der Waals surface area (Å²) in [6, 6.07) is 14.4. The van der Waals surface area contributed by atoms with Gasteiger partial charge >= 0.3 is 0 Å². The summed E-state index contributed by atoms with van der Waals surface area (Å²) < 4.78 is 27.5. The molecule has 0 saturated carbocycles. The topological polar surface area (TPSA) is 92.5 Å². The molecule has 0 aliphatic carbocycles. The van der Waals surface area contributed by atoms with Crippen LogP contribution in [-0.2, 0) is 6.42 Å². The van der Waals surface area contributed by atoms with E-state index < -0.39 is 6.04 Å². The zero-order chi connectivity index (χ0) is 25.1. The Labute approximate surface area is 205 Å². The number of nitrogens with zero attached hydrogens (tertiary/aromatic N) is 1. The number of amides is 1. The van der Waals surface area contributed by atoms with Gasteiger partial charge in [-0.1, -0.05) is 18.2 Å². The van der Waals surface area contributed by atoms with Crippen molar-refractivity contribution in [2.75, 3.05) is 47.8 Å². The van der Waals surface area contributed by atoms with Crippen LogP contribution in [0.2, 0.25) is 0 Å². The number of nitrogen functional groups attached to an aromatic ring is 1. The van der Waals surface area contributed by atoms with E-state index in [9.17, 15) is 4.79 Å². The number of para-hydroxylation sites is 1. The van der Waals surface area contributed by atoms with Gasteiger partial charge in [0.25, 0.3) is 5.91 Å². The van der Waals surface area contributed by atoms with Crippen molar-refractivity contribution in [3.05, 3.63) is 70.8 Å². The molecule has 0 fully saturated rings. The van der Waals surface area contributed by atoms with Gasteiger partial charge in [-0.25, -0.2) is 0 Å². The number of rotatable bonds is 7. The molecule has 0 saturated heterocycles. The van der Waals surface area contributed by atoms with E-state index >= 15 is 0 Å². The minimum atomic E-state index is -0.425. The lowest BCUT2D eigenvalue weighted by molar-refractivity contribution is 0.0694. The van der Waals surface area contributed by atoms with E-state index in [1.165, 1.54) is 21.3 Å². The summed E-state index contributed by atoms with van der Waals surface area (Å²) in [5.74, 6) is 2.31. The fourth-order valence-corrected chi connectivity index (χ4v) is 4.63. The fraction of sp³-hybridized carbons (Fsp3) is 0.296. The molecule has 2 N–H and O–H groups in total. The minimum absolute atomic E-state index is 0.182. The molecular formula is C27H30N2O6. The van der Waals surface area contributed by atoms with Crippen molar-refractivity contribution in [3.63, 3.8) is 0 Å². The molecule has 3 aromatic rings. The standard InChI is InChI=1S/C27H30N2O6/c1-31-21-12-16-10-11-29(27(30)17-13-23(33-3)26(35-5)24(14-17)34-4)25(19(16)15-22(21)32-2)18-8-6-7-9-20(18)28/h6-9,12-15,25H,10-11,28H2,1-5H3. The number of hydrogen-bond donors (Lipinski definition) is 1. The first kappa shape index (κ1) is 24.1. The first-order valence-electron chi connectivity index (χ1n) is 11.2. The lowest BCUT2D eigenvalue weighted by Gasteiger charge is -2.38. The quantitative estimate of drug-likeness (QED) is 0.511. The third-order valence-corrected chi connectivity index (χ3v) is 6.34. The number of hydrogen-bond acceptors (Lipinski definition) is 7. The molecule has 35 heavy (non-hydrogen) atoms. The molecule has 1 amide bonds. The molecule has 8 nitrogen and oxygen atoms in total.